The highest BCUT2D eigenvalue weighted by Crippen LogP contribution is 2.23. The van der Waals surface area contributed by atoms with Gasteiger partial charge in [0.2, 0.25) is 0 Å². The van der Waals surface area contributed by atoms with Gasteiger partial charge < -0.3 is 4.90 Å². The lowest BCUT2D eigenvalue weighted by Gasteiger charge is -2.18. The lowest BCUT2D eigenvalue weighted by molar-refractivity contribution is 0.420. The minimum atomic E-state index is -0.118. The van der Waals surface area contributed by atoms with Crippen molar-refractivity contribution in [3.63, 3.8) is 0 Å². The van der Waals surface area contributed by atoms with Crippen LogP contribution in [0.25, 0.3) is 0 Å². The first-order valence-electron chi connectivity index (χ1n) is 4.55. The molecule has 0 amide bonds. The molecule has 2 rings (SSSR count). The third kappa shape index (κ3) is 2.00. The van der Waals surface area contributed by atoms with Crippen LogP contribution >= 0.6 is 22.6 Å². The number of rotatable bonds is 1. The number of nitrogens with zero attached hydrogens (tertiary/aromatic N) is 2. The fourth-order valence-corrected chi connectivity index (χ4v) is 2.11. The zero-order valence-corrected chi connectivity index (χ0v) is 10.2. The maximum Gasteiger partial charge on any atom is 0.147 e. The van der Waals surface area contributed by atoms with Gasteiger partial charge in [-0.25, -0.2) is 4.39 Å². The van der Waals surface area contributed by atoms with E-state index in [9.17, 15) is 4.39 Å². The number of anilines is 1. The van der Waals surface area contributed by atoms with Crippen molar-refractivity contribution < 1.29 is 4.39 Å². The molecule has 1 saturated heterocycles. The second-order valence-corrected chi connectivity index (χ2v) is 4.83. The Hall–Kier alpha value is -0.360. The van der Waals surface area contributed by atoms with Crippen LogP contribution in [0, 0.1) is 9.39 Å². The summed E-state index contributed by atoms with van der Waals surface area (Å²) in [6.07, 6.45) is 0. The van der Waals surface area contributed by atoms with E-state index in [-0.39, 0.29) is 5.82 Å². The molecule has 14 heavy (non-hydrogen) atoms. The molecule has 4 heteroatoms. The van der Waals surface area contributed by atoms with E-state index < -0.39 is 0 Å². The van der Waals surface area contributed by atoms with Crippen LogP contribution in [0.1, 0.15) is 0 Å². The molecule has 76 valence electrons. The number of hydrogen-bond acceptors (Lipinski definition) is 2. The molecule has 0 aliphatic carbocycles. The Labute approximate surface area is 96.8 Å². The summed E-state index contributed by atoms with van der Waals surface area (Å²) in [5, 5.41) is 0. The predicted octanol–water partition coefficient (Wildman–Crippen LogP) is 2.14. The molecule has 0 spiro atoms. The van der Waals surface area contributed by atoms with Crippen molar-refractivity contribution in [1.29, 1.82) is 0 Å². The monoisotopic (exact) mass is 306 g/mol. The number of hydrogen-bond donors (Lipinski definition) is 0. The first-order chi connectivity index (χ1) is 6.66. The van der Waals surface area contributed by atoms with Crippen LogP contribution in [0.5, 0.6) is 0 Å². The molecule has 1 fully saturated rings. The first-order valence-corrected chi connectivity index (χ1v) is 5.63. The highest BCUT2D eigenvalue weighted by Gasteiger charge is 2.19. The van der Waals surface area contributed by atoms with Gasteiger partial charge in [0, 0.05) is 16.7 Å². The van der Waals surface area contributed by atoms with Crippen LogP contribution in [0.15, 0.2) is 18.2 Å². The first kappa shape index (κ1) is 10.2. The summed E-state index contributed by atoms with van der Waals surface area (Å²) >= 11 is 2.12. The molecule has 0 unspecified atom stereocenters. The van der Waals surface area contributed by atoms with Gasteiger partial charge in [-0.1, -0.05) is 0 Å². The molecule has 1 aromatic carbocycles. The summed E-state index contributed by atoms with van der Waals surface area (Å²) in [6.45, 7) is 2.73. The van der Waals surface area contributed by atoms with Crippen molar-refractivity contribution in [2.24, 2.45) is 0 Å². The lowest BCUT2D eigenvalue weighted by Crippen LogP contribution is -2.23. The van der Waals surface area contributed by atoms with Crippen LogP contribution in [0.2, 0.25) is 0 Å². The highest BCUT2D eigenvalue weighted by molar-refractivity contribution is 14.1. The average Bonchev–Trinajstić information content (AvgIpc) is 2.51. The molecular weight excluding hydrogens is 294 g/mol. The zero-order chi connectivity index (χ0) is 10.1. The van der Waals surface area contributed by atoms with Crippen molar-refractivity contribution in [2.45, 2.75) is 0 Å². The second kappa shape index (κ2) is 4.02. The summed E-state index contributed by atoms with van der Waals surface area (Å²) in [5.74, 6) is -0.118. The Bertz CT molecular complexity index is 343. The zero-order valence-electron chi connectivity index (χ0n) is 8.00. The quantitative estimate of drug-likeness (QED) is 0.734. The van der Waals surface area contributed by atoms with Gasteiger partial charge in [0.15, 0.2) is 0 Å². The molecule has 2 nitrogen and oxygen atoms in total. The van der Waals surface area contributed by atoms with E-state index in [0.29, 0.717) is 0 Å². The Morgan fingerprint density at radius 2 is 2.14 bits per heavy atom. The molecule has 0 atom stereocenters. The van der Waals surface area contributed by atoms with Gasteiger partial charge in [-0.2, -0.15) is 0 Å². The Morgan fingerprint density at radius 3 is 2.71 bits per heavy atom. The van der Waals surface area contributed by atoms with Gasteiger partial charge in [0.05, 0.1) is 12.4 Å². The minimum absolute atomic E-state index is 0.118. The Morgan fingerprint density at radius 1 is 1.36 bits per heavy atom. The second-order valence-electron chi connectivity index (χ2n) is 3.58. The lowest BCUT2D eigenvalue weighted by atomic mass is 10.3. The largest absolute Gasteiger partial charge is 0.355 e. The van der Waals surface area contributed by atoms with Crippen molar-refractivity contribution in [3.05, 3.63) is 27.6 Å². The summed E-state index contributed by atoms with van der Waals surface area (Å²) in [5.41, 5.74) is 0.717. The fraction of sp³-hybridized carbons (Fsp3) is 0.400. The van der Waals surface area contributed by atoms with Gasteiger partial charge in [-0.3, -0.25) is 4.90 Å². The smallest absolute Gasteiger partial charge is 0.147 e. The van der Waals surface area contributed by atoms with Crippen LogP contribution in [0.4, 0.5) is 10.1 Å². The van der Waals surface area contributed by atoms with Crippen LogP contribution < -0.4 is 4.90 Å². The Kier molecular flexibility index (Phi) is 2.92. The van der Waals surface area contributed by atoms with E-state index in [4.69, 9.17) is 0 Å². The third-order valence-electron chi connectivity index (χ3n) is 2.41. The highest BCUT2D eigenvalue weighted by atomic mass is 127. The molecule has 0 saturated carbocycles. The molecule has 1 aliphatic heterocycles. The molecule has 1 aromatic rings. The molecule has 0 radical (unpaired) electrons. The van der Waals surface area contributed by atoms with E-state index in [1.165, 1.54) is 0 Å². The van der Waals surface area contributed by atoms with Crippen molar-refractivity contribution in [2.75, 3.05) is 31.7 Å². The molecule has 0 N–H and O–H groups in total. The topological polar surface area (TPSA) is 6.48 Å². The maximum absolute atomic E-state index is 13.6. The van der Waals surface area contributed by atoms with Gasteiger partial charge >= 0.3 is 0 Å². The van der Waals surface area contributed by atoms with Gasteiger partial charge in [-0.15, -0.1) is 0 Å². The van der Waals surface area contributed by atoms with E-state index in [2.05, 4.69) is 32.4 Å². The number of benzene rings is 1. The minimum Gasteiger partial charge on any atom is -0.355 e. The molecule has 1 heterocycles. The van der Waals surface area contributed by atoms with E-state index in [0.717, 1.165) is 29.0 Å². The Balaban J connectivity index is 2.24. The number of likely N-dealkylation sites (N-methyl/N-ethyl adjacent to an activating group) is 1. The molecular formula is C10H12FIN2. The molecule has 0 aromatic heterocycles. The van der Waals surface area contributed by atoms with Gasteiger partial charge in [0.25, 0.3) is 0 Å². The normalized spacial score (nSPS) is 17.8. The molecule has 1 aliphatic rings. The standard InChI is InChI=1S/C10H12FIN2/c1-13-4-5-14(7-13)10-3-2-8(12)6-9(10)11/h2-3,6H,4-5,7H2,1H3. The number of halogens is 2. The van der Waals surface area contributed by atoms with Crippen LogP contribution in [-0.2, 0) is 0 Å². The summed E-state index contributed by atoms with van der Waals surface area (Å²) in [4.78, 5) is 4.24. The summed E-state index contributed by atoms with van der Waals surface area (Å²) in [6, 6.07) is 5.38. The molecule has 0 bridgehead atoms. The fourth-order valence-electron chi connectivity index (χ4n) is 1.66. The summed E-state index contributed by atoms with van der Waals surface area (Å²) < 4.78 is 14.5. The van der Waals surface area contributed by atoms with E-state index in [1.54, 1.807) is 6.07 Å². The van der Waals surface area contributed by atoms with Gasteiger partial charge in [-0.05, 0) is 47.8 Å². The van der Waals surface area contributed by atoms with Gasteiger partial charge in [0.1, 0.15) is 5.82 Å². The van der Waals surface area contributed by atoms with E-state index in [1.807, 2.05) is 19.2 Å². The van der Waals surface area contributed by atoms with Crippen LogP contribution in [0.3, 0.4) is 0 Å². The predicted molar refractivity (Wildman–Crippen MR) is 64.0 cm³/mol. The maximum atomic E-state index is 13.6. The SMILES string of the molecule is CN1CCN(c2ccc(I)cc2F)C1. The van der Waals surface area contributed by atoms with Crippen LogP contribution in [-0.4, -0.2) is 31.7 Å². The van der Waals surface area contributed by atoms with Crippen molar-refractivity contribution >= 4 is 28.3 Å². The van der Waals surface area contributed by atoms with Crippen molar-refractivity contribution in [3.8, 4) is 0 Å². The summed E-state index contributed by atoms with van der Waals surface area (Å²) in [7, 11) is 2.05. The van der Waals surface area contributed by atoms with E-state index >= 15 is 0 Å². The average molecular weight is 306 g/mol. The third-order valence-corrected chi connectivity index (χ3v) is 3.09. The van der Waals surface area contributed by atoms with Crippen molar-refractivity contribution in [1.82, 2.24) is 4.90 Å².